The van der Waals surface area contributed by atoms with E-state index in [1.807, 2.05) is 6.92 Å². The molecule has 4 aromatic rings. The summed E-state index contributed by atoms with van der Waals surface area (Å²) in [4.78, 5) is 26.4. The van der Waals surface area contributed by atoms with E-state index in [4.69, 9.17) is 10.8 Å². The Balaban J connectivity index is 1.19. The van der Waals surface area contributed by atoms with E-state index in [9.17, 15) is 9.50 Å². The standard InChI is InChI=1S/C27H30FN9O2/c1-27(29,19-4-6-21(28)7-5-19)20-14-30-25(31-15-20)36-10-12-37(13-11-36)26-33-17-32-24(35-26)34-22-8-2-18(3-9-22)23(39)16-38/h2-9,14-15,17,23,38-39H,10-13,16,29H2,1H3,(H,32,33,34,35)/t23-,27?/m0/s1. The minimum absolute atomic E-state index is 0.309. The molecule has 5 N–H and O–H groups in total. The number of aliphatic hydroxyl groups excluding tert-OH is 2. The normalized spacial score (nSPS) is 16.0. The fourth-order valence-electron chi connectivity index (χ4n) is 4.35. The SMILES string of the molecule is CC(N)(c1ccc(F)cc1)c1cnc(N2CCN(c3ncnc(Nc4ccc([C@@H](O)CO)cc4)n3)CC2)nc1. The fourth-order valence-corrected chi connectivity index (χ4v) is 4.35. The Labute approximate surface area is 225 Å². The molecule has 2 aromatic heterocycles. The molecule has 202 valence electrons. The first-order chi connectivity index (χ1) is 18.8. The number of hydrogen-bond acceptors (Lipinski definition) is 11. The van der Waals surface area contributed by atoms with E-state index in [1.165, 1.54) is 18.5 Å². The zero-order chi connectivity index (χ0) is 27.4. The predicted molar refractivity (Wildman–Crippen MR) is 145 cm³/mol. The van der Waals surface area contributed by atoms with Crippen molar-refractivity contribution >= 4 is 23.5 Å². The quantitative estimate of drug-likeness (QED) is 0.265. The monoisotopic (exact) mass is 531 g/mol. The van der Waals surface area contributed by atoms with Crippen LogP contribution in [0, 0.1) is 5.82 Å². The summed E-state index contributed by atoms with van der Waals surface area (Å²) in [6.45, 7) is 4.23. The van der Waals surface area contributed by atoms with Crippen LogP contribution in [0.15, 0.2) is 67.3 Å². The summed E-state index contributed by atoms with van der Waals surface area (Å²) in [7, 11) is 0. The number of benzene rings is 2. The molecule has 11 nitrogen and oxygen atoms in total. The van der Waals surface area contributed by atoms with Gasteiger partial charge in [-0.2, -0.15) is 4.98 Å². The molecule has 2 aromatic carbocycles. The Morgan fingerprint density at radius 3 is 2.13 bits per heavy atom. The molecular weight excluding hydrogens is 501 g/mol. The highest BCUT2D eigenvalue weighted by atomic mass is 19.1. The number of aromatic nitrogens is 5. The van der Waals surface area contributed by atoms with Crippen molar-refractivity contribution in [3.05, 3.63) is 89.8 Å². The van der Waals surface area contributed by atoms with Crippen molar-refractivity contribution in [3.63, 3.8) is 0 Å². The first-order valence-corrected chi connectivity index (χ1v) is 12.6. The number of nitrogens with zero attached hydrogens (tertiary/aromatic N) is 7. The second-order valence-corrected chi connectivity index (χ2v) is 9.51. The Hall–Kier alpha value is -4.26. The van der Waals surface area contributed by atoms with Crippen molar-refractivity contribution in [3.8, 4) is 0 Å². The zero-order valence-corrected chi connectivity index (χ0v) is 21.4. The summed E-state index contributed by atoms with van der Waals surface area (Å²) in [5, 5.41) is 22.0. The average molecular weight is 532 g/mol. The number of piperazine rings is 1. The number of anilines is 4. The third-order valence-electron chi connectivity index (χ3n) is 6.81. The minimum atomic E-state index is -0.910. The van der Waals surface area contributed by atoms with E-state index in [1.54, 1.807) is 48.8 Å². The van der Waals surface area contributed by atoms with Crippen LogP contribution in [0.1, 0.15) is 29.7 Å². The van der Waals surface area contributed by atoms with Gasteiger partial charge in [-0.3, -0.25) is 0 Å². The molecule has 0 radical (unpaired) electrons. The Morgan fingerprint density at radius 2 is 1.51 bits per heavy atom. The van der Waals surface area contributed by atoms with Gasteiger partial charge in [0.1, 0.15) is 18.2 Å². The molecule has 0 aliphatic carbocycles. The third-order valence-corrected chi connectivity index (χ3v) is 6.81. The molecule has 39 heavy (non-hydrogen) atoms. The van der Waals surface area contributed by atoms with E-state index in [-0.39, 0.29) is 12.4 Å². The highest BCUT2D eigenvalue weighted by Crippen LogP contribution is 2.27. The van der Waals surface area contributed by atoms with E-state index >= 15 is 0 Å². The van der Waals surface area contributed by atoms with Gasteiger partial charge in [-0.25, -0.2) is 24.3 Å². The molecule has 1 aliphatic rings. The van der Waals surface area contributed by atoms with Crippen LogP contribution < -0.4 is 20.9 Å². The maximum Gasteiger partial charge on any atom is 0.231 e. The van der Waals surface area contributed by atoms with Crippen LogP contribution >= 0.6 is 0 Å². The summed E-state index contributed by atoms with van der Waals surface area (Å²) >= 11 is 0. The Bertz CT molecular complexity index is 1380. The van der Waals surface area contributed by atoms with Crippen LogP contribution in [-0.4, -0.2) is 67.9 Å². The van der Waals surface area contributed by atoms with Crippen molar-refractivity contribution in [1.29, 1.82) is 0 Å². The van der Waals surface area contributed by atoms with E-state index < -0.39 is 11.6 Å². The van der Waals surface area contributed by atoms with Crippen molar-refractivity contribution in [2.24, 2.45) is 5.73 Å². The lowest BCUT2D eigenvalue weighted by molar-refractivity contribution is 0.0956. The third kappa shape index (κ3) is 5.93. The van der Waals surface area contributed by atoms with Crippen molar-refractivity contribution in [2.45, 2.75) is 18.6 Å². The van der Waals surface area contributed by atoms with Gasteiger partial charge in [-0.15, -0.1) is 0 Å². The molecule has 1 saturated heterocycles. The minimum Gasteiger partial charge on any atom is -0.393 e. The molecule has 12 heteroatoms. The first kappa shape index (κ1) is 26.4. The number of nitrogens with two attached hydrogens (primary N) is 1. The second-order valence-electron chi connectivity index (χ2n) is 9.51. The van der Waals surface area contributed by atoms with Crippen LogP contribution in [0.4, 0.5) is 27.9 Å². The number of halogens is 1. The van der Waals surface area contributed by atoms with E-state index in [0.717, 1.165) is 16.8 Å². The van der Waals surface area contributed by atoms with E-state index in [0.29, 0.717) is 49.6 Å². The van der Waals surface area contributed by atoms with Crippen molar-refractivity contribution in [2.75, 3.05) is 47.9 Å². The van der Waals surface area contributed by atoms with E-state index in [2.05, 4.69) is 40.0 Å². The summed E-state index contributed by atoms with van der Waals surface area (Å²) in [5.41, 5.74) is 8.58. The van der Waals surface area contributed by atoms with Gasteiger partial charge in [-0.1, -0.05) is 24.3 Å². The van der Waals surface area contributed by atoms with Crippen LogP contribution in [0.25, 0.3) is 0 Å². The van der Waals surface area contributed by atoms with Crippen LogP contribution in [0.3, 0.4) is 0 Å². The van der Waals surface area contributed by atoms with Crippen molar-refractivity contribution in [1.82, 2.24) is 24.9 Å². The first-order valence-electron chi connectivity index (χ1n) is 12.6. The smallest absolute Gasteiger partial charge is 0.231 e. The van der Waals surface area contributed by atoms with Gasteiger partial charge in [0.15, 0.2) is 0 Å². The number of nitrogens with one attached hydrogen (secondary N) is 1. The molecule has 3 heterocycles. The molecule has 1 fully saturated rings. The van der Waals surface area contributed by atoms with Gasteiger partial charge in [-0.05, 0) is 42.3 Å². The second kappa shape index (κ2) is 11.2. The summed E-state index contributed by atoms with van der Waals surface area (Å²) in [6.07, 6.45) is 4.00. The lowest BCUT2D eigenvalue weighted by atomic mass is 9.87. The summed E-state index contributed by atoms with van der Waals surface area (Å²) < 4.78 is 13.3. The molecule has 0 saturated carbocycles. The van der Waals surface area contributed by atoms with Gasteiger partial charge >= 0.3 is 0 Å². The zero-order valence-electron chi connectivity index (χ0n) is 21.4. The molecule has 5 rings (SSSR count). The topological polar surface area (TPSA) is 149 Å². The predicted octanol–water partition coefficient (Wildman–Crippen LogP) is 2.12. The molecule has 0 bridgehead atoms. The van der Waals surface area contributed by atoms with Crippen LogP contribution in [0.5, 0.6) is 0 Å². The maximum atomic E-state index is 13.3. The number of aliphatic hydroxyl groups is 2. The fraction of sp³-hybridized carbons (Fsp3) is 0.296. The highest BCUT2D eigenvalue weighted by molar-refractivity contribution is 5.55. The van der Waals surface area contributed by atoms with Crippen molar-refractivity contribution < 1.29 is 14.6 Å². The van der Waals surface area contributed by atoms with Gasteiger partial charge in [0, 0.05) is 49.8 Å². The molecule has 1 unspecified atom stereocenters. The Morgan fingerprint density at radius 1 is 0.897 bits per heavy atom. The summed E-state index contributed by atoms with van der Waals surface area (Å²) in [6, 6.07) is 13.2. The molecular formula is C27H30FN9O2. The number of rotatable bonds is 8. The highest BCUT2D eigenvalue weighted by Gasteiger charge is 2.26. The lowest BCUT2D eigenvalue weighted by Crippen LogP contribution is -2.47. The number of hydrogen-bond donors (Lipinski definition) is 4. The molecule has 1 aliphatic heterocycles. The van der Waals surface area contributed by atoms with Crippen LogP contribution in [0.2, 0.25) is 0 Å². The molecule has 0 amide bonds. The molecule has 0 spiro atoms. The van der Waals surface area contributed by atoms with Gasteiger partial charge < -0.3 is 31.1 Å². The summed E-state index contributed by atoms with van der Waals surface area (Å²) in [5.74, 6) is 1.27. The largest absolute Gasteiger partial charge is 0.393 e. The molecule has 2 atom stereocenters. The maximum absolute atomic E-state index is 13.3. The van der Waals surface area contributed by atoms with Gasteiger partial charge in [0.05, 0.1) is 12.1 Å². The van der Waals surface area contributed by atoms with Gasteiger partial charge in [0.25, 0.3) is 0 Å². The lowest BCUT2D eigenvalue weighted by Gasteiger charge is -2.35. The Kier molecular flexibility index (Phi) is 7.59. The van der Waals surface area contributed by atoms with Crippen LogP contribution in [-0.2, 0) is 5.54 Å². The average Bonchev–Trinajstić information content (AvgIpc) is 2.98. The van der Waals surface area contributed by atoms with Gasteiger partial charge in [0.2, 0.25) is 17.8 Å².